The van der Waals surface area contributed by atoms with E-state index in [2.05, 4.69) is 27.7 Å². The van der Waals surface area contributed by atoms with Gasteiger partial charge in [-0.15, -0.1) is 17.7 Å². The van der Waals surface area contributed by atoms with Crippen LogP contribution in [0.15, 0.2) is 11.1 Å². The zero-order valence-corrected chi connectivity index (χ0v) is 7.86. The van der Waals surface area contributed by atoms with Crippen molar-refractivity contribution in [2.45, 2.75) is 18.6 Å². The summed E-state index contributed by atoms with van der Waals surface area (Å²) >= 11 is 4.20. The molecule has 5 nitrogen and oxygen atoms in total. The molecule has 6 heteroatoms. The van der Waals surface area contributed by atoms with E-state index in [4.69, 9.17) is 5.11 Å². The first-order chi connectivity index (χ1) is 6.20. The third kappa shape index (κ3) is 1.38. The van der Waals surface area contributed by atoms with E-state index in [1.807, 2.05) is 0 Å². The standard InChI is InChI=1S/C7H8N4OS/c1-4-8-7-9-5(3-12)2-6(13)11(7)10-4/h2,12-13H,3H2,1H3. The minimum absolute atomic E-state index is 0.115. The van der Waals surface area contributed by atoms with E-state index in [0.29, 0.717) is 22.3 Å². The molecular formula is C7H8N4OS. The van der Waals surface area contributed by atoms with Gasteiger partial charge in [-0.05, 0) is 13.0 Å². The van der Waals surface area contributed by atoms with E-state index in [1.165, 1.54) is 4.52 Å². The Balaban J connectivity index is 2.75. The minimum Gasteiger partial charge on any atom is -0.390 e. The lowest BCUT2D eigenvalue weighted by Crippen LogP contribution is -1.98. The first-order valence-corrected chi connectivity index (χ1v) is 4.18. The zero-order valence-electron chi connectivity index (χ0n) is 6.97. The Labute approximate surface area is 79.9 Å². The Morgan fingerprint density at radius 2 is 2.31 bits per heavy atom. The van der Waals surface area contributed by atoms with Crippen molar-refractivity contribution >= 4 is 18.4 Å². The number of nitrogens with zero attached hydrogens (tertiary/aromatic N) is 4. The van der Waals surface area contributed by atoms with Gasteiger partial charge in [0, 0.05) is 0 Å². The third-order valence-electron chi connectivity index (χ3n) is 1.61. The van der Waals surface area contributed by atoms with Crippen LogP contribution in [0.3, 0.4) is 0 Å². The summed E-state index contributed by atoms with van der Waals surface area (Å²) < 4.78 is 1.53. The summed E-state index contributed by atoms with van der Waals surface area (Å²) in [7, 11) is 0. The van der Waals surface area contributed by atoms with E-state index < -0.39 is 0 Å². The number of fused-ring (bicyclic) bond motifs is 1. The van der Waals surface area contributed by atoms with Crippen molar-refractivity contribution in [3.8, 4) is 0 Å². The van der Waals surface area contributed by atoms with Crippen LogP contribution in [0.1, 0.15) is 11.5 Å². The molecule has 0 atom stereocenters. The SMILES string of the molecule is Cc1nc2nc(CO)cc(S)n2n1. The van der Waals surface area contributed by atoms with Gasteiger partial charge in [0.2, 0.25) is 0 Å². The Morgan fingerprint density at radius 1 is 1.54 bits per heavy atom. The van der Waals surface area contributed by atoms with Crippen LogP contribution in [0.25, 0.3) is 5.78 Å². The van der Waals surface area contributed by atoms with Gasteiger partial charge in [-0.25, -0.2) is 4.98 Å². The van der Waals surface area contributed by atoms with Gasteiger partial charge in [-0.1, -0.05) is 0 Å². The van der Waals surface area contributed by atoms with Crippen LogP contribution >= 0.6 is 12.6 Å². The van der Waals surface area contributed by atoms with Gasteiger partial charge in [0.25, 0.3) is 5.78 Å². The molecule has 2 rings (SSSR count). The summed E-state index contributed by atoms with van der Waals surface area (Å²) in [5, 5.41) is 13.6. The molecule has 0 radical (unpaired) electrons. The van der Waals surface area contributed by atoms with E-state index in [0.717, 1.165) is 0 Å². The molecule has 2 heterocycles. The van der Waals surface area contributed by atoms with E-state index >= 15 is 0 Å². The van der Waals surface area contributed by atoms with Crippen molar-refractivity contribution in [1.29, 1.82) is 0 Å². The van der Waals surface area contributed by atoms with Crippen LogP contribution < -0.4 is 0 Å². The zero-order chi connectivity index (χ0) is 9.42. The summed E-state index contributed by atoms with van der Waals surface area (Å²) in [5.74, 6) is 1.10. The van der Waals surface area contributed by atoms with Crippen molar-refractivity contribution in [3.63, 3.8) is 0 Å². The first-order valence-electron chi connectivity index (χ1n) is 3.74. The molecule has 0 spiro atoms. The maximum Gasteiger partial charge on any atom is 0.253 e. The molecular weight excluding hydrogens is 188 g/mol. The second-order valence-electron chi connectivity index (χ2n) is 2.63. The Hall–Kier alpha value is -1.14. The maximum absolute atomic E-state index is 8.87. The highest BCUT2D eigenvalue weighted by Crippen LogP contribution is 2.09. The van der Waals surface area contributed by atoms with Crippen LogP contribution in [-0.2, 0) is 6.61 Å². The molecule has 0 amide bonds. The number of hydrogen-bond donors (Lipinski definition) is 2. The molecule has 0 bridgehead atoms. The maximum atomic E-state index is 8.87. The molecule has 0 unspecified atom stereocenters. The highest BCUT2D eigenvalue weighted by atomic mass is 32.1. The molecule has 0 fully saturated rings. The van der Waals surface area contributed by atoms with Crippen LogP contribution in [0.4, 0.5) is 0 Å². The molecule has 0 saturated carbocycles. The largest absolute Gasteiger partial charge is 0.390 e. The normalized spacial score (nSPS) is 11.0. The van der Waals surface area contributed by atoms with Gasteiger partial charge in [-0.3, -0.25) is 0 Å². The van der Waals surface area contributed by atoms with Gasteiger partial charge in [-0.2, -0.15) is 9.50 Å². The summed E-state index contributed by atoms with van der Waals surface area (Å²) in [6, 6.07) is 1.66. The topological polar surface area (TPSA) is 63.3 Å². The molecule has 0 aliphatic rings. The van der Waals surface area contributed by atoms with Crippen molar-refractivity contribution in [3.05, 3.63) is 17.6 Å². The number of aryl methyl sites for hydroxylation is 1. The lowest BCUT2D eigenvalue weighted by molar-refractivity contribution is 0.276. The Morgan fingerprint density at radius 3 is 3.00 bits per heavy atom. The Kier molecular flexibility index (Phi) is 1.93. The molecule has 2 aromatic heterocycles. The van der Waals surface area contributed by atoms with Crippen LogP contribution in [0.2, 0.25) is 0 Å². The van der Waals surface area contributed by atoms with E-state index in [1.54, 1.807) is 13.0 Å². The van der Waals surface area contributed by atoms with Gasteiger partial charge < -0.3 is 5.11 Å². The quantitative estimate of drug-likeness (QED) is 0.505. The first kappa shape index (κ1) is 8.46. The van der Waals surface area contributed by atoms with Crippen LogP contribution in [-0.4, -0.2) is 24.7 Å². The lowest BCUT2D eigenvalue weighted by atomic mass is 10.4. The Bertz CT molecular complexity index is 453. The molecule has 0 aliphatic carbocycles. The van der Waals surface area contributed by atoms with E-state index in [-0.39, 0.29) is 6.61 Å². The fourth-order valence-electron chi connectivity index (χ4n) is 1.08. The van der Waals surface area contributed by atoms with Crippen molar-refractivity contribution in [2.24, 2.45) is 0 Å². The molecule has 0 aliphatic heterocycles. The molecule has 1 N–H and O–H groups in total. The predicted octanol–water partition coefficient (Wildman–Crippen LogP) is 0.214. The highest BCUT2D eigenvalue weighted by molar-refractivity contribution is 7.80. The average Bonchev–Trinajstić information content (AvgIpc) is 2.46. The average molecular weight is 196 g/mol. The fraction of sp³-hybridized carbons (Fsp3) is 0.286. The highest BCUT2D eigenvalue weighted by Gasteiger charge is 2.05. The lowest BCUT2D eigenvalue weighted by Gasteiger charge is -1.98. The number of hydrogen-bond acceptors (Lipinski definition) is 5. The van der Waals surface area contributed by atoms with Gasteiger partial charge in [0.05, 0.1) is 12.3 Å². The van der Waals surface area contributed by atoms with Crippen molar-refractivity contribution < 1.29 is 5.11 Å². The van der Waals surface area contributed by atoms with Gasteiger partial charge >= 0.3 is 0 Å². The van der Waals surface area contributed by atoms with Crippen molar-refractivity contribution in [1.82, 2.24) is 19.6 Å². The number of aliphatic hydroxyl groups excluding tert-OH is 1. The predicted molar refractivity (Wildman–Crippen MR) is 48.7 cm³/mol. The monoisotopic (exact) mass is 196 g/mol. The summed E-state index contributed by atoms with van der Waals surface area (Å²) in [6.45, 7) is 1.66. The summed E-state index contributed by atoms with van der Waals surface area (Å²) in [6.07, 6.45) is 0. The number of rotatable bonds is 1. The fourth-order valence-corrected chi connectivity index (χ4v) is 1.37. The second kappa shape index (κ2) is 2.97. The summed E-state index contributed by atoms with van der Waals surface area (Å²) in [4.78, 5) is 8.13. The van der Waals surface area contributed by atoms with Crippen LogP contribution in [0.5, 0.6) is 0 Å². The number of thiol groups is 1. The molecule has 68 valence electrons. The smallest absolute Gasteiger partial charge is 0.253 e. The minimum atomic E-state index is -0.115. The second-order valence-corrected chi connectivity index (χ2v) is 3.09. The summed E-state index contributed by atoms with van der Waals surface area (Å²) in [5.41, 5.74) is 0.546. The molecule has 0 saturated heterocycles. The third-order valence-corrected chi connectivity index (χ3v) is 1.93. The number of aromatic nitrogens is 4. The number of aliphatic hydroxyl groups is 1. The molecule has 2 aromatic rings. The molecule has 13 heavy (non-hydrogen) atoms. The van der Waals surface area contributed by atoms with Gasteiger partial charge in [0.15, 0.2) is 0 Å². The van der Waals surface area contributed by atoms with Gasteiger partial charge in [0.1, 0.15) is 10.9 Å². The van der Waals surface area contributed by atoms with E-state index in [9.17, 15) is 0 Å². The molecule has 0 aromatic carbocycles. The van der Waals surface area contributed by atoms with Crippen molar-refractivity contribution in [2.75, 3.05) is 0 Å². The van der Waals surface area contributed by atoms with Crippen LogP contribution in [0, 0.1) is 6.92 Å².